The van der Waals surface area contributed by atoms with Gasteiger partial charge in [0.1, 0.15) is 24.4 Å². The van der Waals surface area contributed by atoms with Crippen LogP contribution in [-0.4, -0.2) is 68.1 Å². The average Bonchev–Trinajstić information content (AvgIpc) is 3.00. The van der Waals surface area contributed by atoms with Crippen molar-refractivity contribution in [2.75, 3.05) is 13.7 Å². The van der Waals surface area contributed by atoms with E-state index in [0.717, 1.165) is 21.3 Å². The number of aromatic nitrogens is 2. The van der Waals surface area contributed by atoms with Crippen molar-refractivity contribution in [3.05, 3.63) is 130 Å². The molecule has 208 valence electrons. The quantitative estimate of drug-likeness (QED) is 0.147. The maximum absolute atomic E-state index is 14.6. The molecular formula is C30H30N2O8. The second-order valence-electron chi connectivity index (χ2n) is 9.45. The molecule has 5 atom stereocenters. The lowest BCUT2D eigenvalue weighted by Crippen LogP contribution is -2.58. The fraction of sp³-hybridized carbons (Fsp3) is 0.267. The second-order valence-corrected chi connectivity index (χ2v) is 9.45. The van der Waals surface area contributed by atoms with Crippen molar-refractivity contribution < 1.29 is 34.9 Å². The van der Waals surface area contributed by atoms with Gasteiger partial charge in [0.25, 0.3) is 5.56 Å². The number of aliphatic hydroxyl groups is 4. The van der Waals surface area contributed by atoms with Crippen molar-refractivity contribution in [2.45, 2.75) is 36.1 Å². The van der Waals surface area contributed by atoms with Gasteiger partial charge in [-0.15, -0.1) is 0 Å². The Kier molecular flexibility index (Phi) is 8.08. The summed E-state index contributed by atoms with van der Waals surface area (Å²) in [5.74, 6) is 0. The predicted octanol–water partition coefficient (Wildman–Crippen LogP) is 1.54. The fourth-order valence-corrected chi connectivity index (χ4v) is 5.40. The molecule has 0 spiro atoms. The molecule has 0 amide bonds. The molecule has 1 aliphatic heterocycles. The number of rotatable bonds is 8. The van der Waals surface area contributed by atoms with Crippen molar-refractivity contribution >= 4 is 0 Å². The van der Waals surface area contributed by atoms with Gasteiger partial charge < -0.3 is 25.2 Å². The first kappa shape index (κ1) is 27.7. The average molecular weight is 547 g/mol. The highest BCUT2D eigenvalue weighted by atomic mass is 17.2. The van der Waals surface area contributed by atoms with Crippen LogP contribution in [0, 0.1) is 0 Å². The zero-order valence-corrected chi connectivity index (χ0v) is 21.6. The van der Waals surface area contributed by atoms with E-state index in [0.29, 0.717) is 0 Å². The van der Waals surface area contributed by atoms with Gasteiger partial charge >= 0.3 is 6.01 Å². The fourth-order valence-electron chi connectivity index (χ4n) is 5.40. The van der Waals surface area contributed by atoms with E-state index in [-0.39, 0.29) is 11.6 Å². The molecule has 5 rings (SSSR count). The van der Waals surface area contributed by atoms with Crippen molar-refractivity contribution in [1.82, 2.24) is 9.55 Å². The monoisotopic (exact) mass is 546 g/mol. The van der Waals surface area contributed by atoms with Gasteiger partial charge in [0.2, 0.25) is 0 Å². The van der Waals surface area contributed by atoms with E-state index in [1.807, 2.05) is 91.0 Å². The summed E-state index contributed by atoms with van der Waals surface area (Å²) < 4.78 is 6.68. The van der Waals surface area contributed by atoms with E-state index in [9.17, 15) is 25.2 Å². The molecule has 10 heteroatoms. The standard InChI is InChI=1S/C30H30N2O8/c1-38-40-29-31-17-22(27(37)32(29)28-26(36)25(35)24(34)23(18-33)39-28)30(19-11-5-2-6-12-19,20-13-7-3-8-14-20)21-15-9-4-10-16-21/h2-17,23-26,28,33-36H,18H2,1H3/t23-,24-,25+,26-,28-/m1/s1. The Morgan fingerprint density at radius 3 is 1.77 bits per heavy atom. The van der Waals surface area contributed by atoms with Gasteiger partial charge in [0, 0.05) is 6.20 Å². The van der Waals surface area contributed by atoms with Crippen LogP contribution in [0.3, 0.4) is 0 Å². The Bertz CT molecular complexity index is 1370. The molecule has 10 nitrogen and oxygen atoms in total. The number of nitrogens with zero attached hydrogens (tertiary/aromatic N) is 2. The molecule has 1 saturated heterocycles. The van der Waals surface area contributed by atoms with Crippen LogP contribution in [0.2, 0.25) is 0 Å². The number of ether oxygens (including phenoxy) is 1. The molecule has 0 bridgehead atoms. The molecule has 1 aromatic heterocycles. The Morgan fingerprint density at radius 1 is 0.825 bits per heavy atom. The summed E-state index contributed by atoms with van der Waals surface area (Å²) in [6, 6.07) is 28.0. The van der Waals surface area contributed by atoms with Crippen molar-refractivity contribution in [3.63, 3.8) is 0 Å². The summed E-state index contributed by atoms with van der Waals surface area (Å²) in [6.07, 6.45) is -6.58. The molecule has 1 aliphatic rings. The minimum Gasteiger partial charge on any atom is -0.394 e. The molecule has 1 fully saturated rings. The highest BCUT2D eigenvalue weighted by Gasteiger charge is 2.47. The molecule has 0 saturated carbocycles. The third-order valence-electron chi connectivity index (χ3n) is 7.26. The van der Waals surface area contributed by atoms with Crippen LogP contribution in [0.5, 0.6) is 6.01 Å². The van der Waals surface area contributed by atoms with Gasteiger partial charge in [-0.05, 0) is 16.7 Å². The molecule has 0 radical (unpaired) electrons. The highest BCUT2D eigenvalue weighted by molar-refractivity contribution is 5.58. The molecule has 4 aromatic rings. The van der Waals surface area contributed by atoms with Crippen LogP contribution in [-0.2, 0) is 15.0 Å². The Labute approximate surface area is 230 Å². The zero-order chi connectivity index (χ0) is 28.3. The van der Waals surface area contributed by atoms with Crippen molar-refractivity contribution in [3.8, 4) is 6.01 Å². The second kappa shape index (κ2) is 11.7. The van der Waals surface area contributed by atoms with E-state index < -0.39 is 48.2 Å². The Balaban J connectivity index is 1.86. The van der Waals surface area contributed by atoms with Crippen LogP contribution < -0.4 is 10.4 Å². The summed E-state index contributed by atoms with van der Waals surface area (Å²) in [4.78, 5) is 29.0. The summed E-state index contributed by atoms with van der Waals surface area (Å²) in [6.45, 7) is -0.675. The molecular weight excluding hydrogens is 516 g/mol. The van der Waals surface area contributed by atoms with Crippen molar-refractivity contribution in [1.29, 1.82) is 0 Å². The summed E-state index contributed by atoms with van der Waals surface area (Å²) >= 11 is 0. The van der Waals surface area contributed by atoms with Crippen LogP contribution in [0.1, 0.15) is 28.5 Å². The maximum Gasteiger partial charge on any atom is 0.338 e. The van der Waals surface area contributed by atoms with Crippen LogP contribution in [0.4, 0.5) is 0 Å². The van der Waals surface area contributed by atoms with Crippen molar-refractivity contribution in [2.24, 2.45) is 0 Å². The van der Waals surface area contributed by atoms with E-state index in [1.165, 1.54) is 13.3 Å². The first-order chi connectivity index (χ1) is 19.4. The third-order valence-corrected chi connectivity index (χ3v) is 7.26. The molecule has 3 aromatic carbocycles. The molecule has 0 aliphatic carbocycles. The molecule has 0 unspecified atom stereocenters. The lowest BCUT2D eigenvalue weighted by molar-refractivity contribution is -0.258. The Morgan fingerprint density at radius 2 is 1.32 bits per heavy atom. The highest BCUT2D eigenvalue weighted by Crippen LogP contribution is 2.44. The van der Waals surface area contributed by atoms with Crippen LogP contribution in [0.25, 0.3) is 0 Å². The Hall–Kier alpha value is -3.90. The van der Waals surface area contributed by atoms with Gasteiger partial charge in [-0.3, -0.25) is 9.68 Å². The minimum atomic E-state index is -1.77. The molecule has 40 heavy (non-hydrogen) atoms. The summed E-state index contributed by atoms with van der Waals surface area (Å²) in [7, 11) is 1.22. The largest absolute Gasteiger partial charge is 0.394 e. The molecule has 2 heterocycles. The number of hydrogen-bond acceptors (Lipinski definition) is 9. The predicted molar refractivity (Wildman–Crippen MR) is 143 cm³/mol. The van der Waals surface area contributed by atoms with Crippen LogP contribution >= 0.6 is 0 Å². The summed E-state index contributed by atoms with van der Waals surface area (Å²) in [5.41, 5.74) is 0.653. The number of benzene rings is 3. The number of hydrogen-bond donors (Lipinski definition) is 4. The first-order valence-electron chi connectivity index (χ1n) is 12.7. The topological polar surface area (TPSA) is 144 Å². The molecule has 4 N–H and O–H groups in total. The van der Waals surface area contributed by atoms with E-state index >= 15 is 0 Å². The van der Waals surface area contributed by atoms with Gasteiger partial charge in [0.05, 0.1) is 24.7 Å². The van der Waals surface area contributed by atoms with Gasteiger partial charge in [0.15, 0.2) is 6.23 Å². The van der Waals surface area contributed by atoms with Gasteiger partial charge in [-0.1, -0.05) is 91.0 Å². The zero-order valence-electron chi connectivity index (χ0n) is 21.6. The smallest absolute Gasteiger partial charge is 0.338 e. The first-order valence-corrected chi connectivity index (χ1v) is 12.7. The lowest BCUT2D eigenvalue weighted by Gasteiger charge is -2.41. The van der Waals surface area contributed by atoms with Gasteiger partial charge in [-0.2, -0.15) is 4.89 Å². The van der Waals surface area contributed by atoms with Gasteiger partial charge in [-0.25, -0.2) is 9.55 Å². The van der Waals surface area contributed by atoms with E-state index in [4.69, 9.17) is 14.5 Å². The lowest BCUT2D eigenvalue weighted by atomic mass is 9.65. The number of aliphatic hydroxyl groups excluding tert-OH is 4. The van der Waals surface area contributed by atoms with E-state index in [1.54, 1.807) is 0 Å². The maximum atomic E-state index is 14.6. The van der Waals surface area contributed by atoms with Crippen LogP contribution in [0.15, 0.2) is 102 Å². The normalized spacial score (nSPS) is 23.1. The third kappa shape index (κ3) is 4.60. The minimum absolute atomic E-state index is 0.191. The van der Waals surface area contributed by atoms with E-state index in [2.05, 4.69) is 4.98 Å². The summed E-state index contributed by atoms with van der Waals surface area (Å²) in [5, 5.41) is 41.5. The SMILES string of the molecule is COOc1ncc(C(c2ccccc2)(c2ccccc2)c2ccccc2)c(=O)n1[C@@H]1O[C@H](CO)[C@@H](O)[C@H](O)[C@H]1O.